The lowest BCUT2D eigenvalue weighted by Gasteiger charge is -2.15. The molecule has 0 unspecified atom stereocenters. The van der Waals surface area contributed by atoms with Gasteiger partial charge in [0, 0.05) is 5.56 Å². The molecule has 2 N–H and O–H groups in total. The van der Waals surface area contributed by atoms with E-state index in [0.717, 1.165) is 24.0 Å². The number of carboxylic acid groups (broad SMARTS) is 1. The summed E-state index contributed by atoms with van der Waals surface area (Å²) in [5, 5.41) is 11.9. The predicted octanol–water partition coefficient (Wildman–Crippen LogP) is 2.21. The Bertz CT molecular complexity index is 893. The molecule has 0 saturated carbocycles. The molecule has 7 nitrogen and oxygen atoms in total. The van der Waals surface area contributed by atoms with Crippen molar-refractivity contribution in [2.24, 2.45) is 0 Å². The smallest absolute Gasteiger partial charge is 0.335 e. The average molecular weight is 363 g/mol. The number of hydrogen-bond acceptors (Lipinski definition) is 5. The molecule has 1 amide bonds. The summed E-state index contributed by atoms with van der Waals surface area (Å²) in [7, 11) is -3.85. The van der Waals surface area contributed by atoms with Gasteiger partial charge in [0.2, 0.25) is 0 Å². The van der Waals surface area contributed by atoms with Crippen molar-refractivity contribution in [2.75, 3.05) is 6.26 Å². The van der Waals surface area contributed by atoms with Crippen molar-refractivity contribution in [2.45, 2.75) is 13.0 Å². The fourth-order valence-electron chi connectivity index (χ4n) is 2.18. The van der Waals surface area contributed by atoms with Crippen LogP contribution in [0, 0.1) is 0 Å². The van der Waals surface area contributed by atoms with Crippen LogP contribution in [0.25, 0.3) is 0 Å². The Morgan fingerprint density at radius 1 is 1.08 bits per heavy atom. The van der Waals surface area contributed by atoms with Crippen molar-refractivity contribution in [1.82, 2.24) is 5.32 Å². The number of benzene rings is 2. The highest BCUT2D eigenvalue weighted by Gasteiger charge is 2.17. The van der Waals surface area contributed by atoms with Gasteiger partial charge in [0.15, 0.2) is 0 Å². The van der Waals surface area contributed by atoms with Crippen molar-refractivity contribution < 1.29 is 27.3 Å². The molecule has 8 heteroatoms. The molecule has 0 aliphatic heterocycles. The average Bonchev–Trinajstić information content (AvgIpc) is 2.53. The fourth-order valence-corrected chi connectivity index (χ4v) is 2.63. The van der Waals surface area contributed by atoms with Crippen LogP contribution in [0.15, 0.2) is 48.5 Å². The number of carbonyl (C=O) groups excluding carboxylic acids is 1. The van der Waals surface area contributed by atoms with Gasteiger partial charge >= 0.3 is 16.1 Å². The van der Waals surface area contributed by atoms with Gasteiger partial charge in [-0.1, -0.05) is 30.3 Å². The summed E-state index contributed by atoms with van der Waals surface area (Å²) < 4.78 is 27.2. The highest BCUT2D eigenvalue weighted by Crippen LogP contribution is 2.20. The summed E-state index contributed by atoms with van der Waals surface area (Å²) in [6.07, 6.45) is 0.831. The number of amides is 1. The molecule has 0 aromatic heterocycles. The Kier molecular flexibility index (Phi) is 5.43. The maximum Gasteiger partial charge on any atom is 0.335 e. The third-order valence-electron chi connectivity index (χ3n) is 3.31. The minimum absolute atomic E-state index is 0.0127. The summed E-state index contributed by atoms with van der Waals surface area (Å²) >= 11 is 0. The lowest BCUT2D eigenvalue weighted by Crippen LogP contribution is -2.27. The summed E-state index contributed by atoms with van der Waals surface area (Å²) in [6.45, 7) is 1.78. The van der Waals surface area contributed by atoms with E-state index in [-0.39, 0.29) is 22.9 Å². The van der Waals surface area contributed by atoms with E-state index in [2.05, 4.69) is 5.32 Å². The summed E-state index contributed by atoms with van der Waals surface area (Å²) in [6, 6.07) is 12.3. The van der Waals surface area contributed by atoms with Gasteiger partial charge in [0.1, 0.15) is 5.75 Å². The number of rotatable bonds is 6. The second kappa shape index (κ2) is 7.35. The maximum absolute atomic E-state index is 12.4. The Balaban J connectivity index is 2.30. The van der Waals surface area contributed by atoms with Crippen LogP contribution < -0.4 is 9.50 Å². The highest BCUT2D eigenvalue weighted by molar-refractivity contribution is 7.86. The van der Waals surface area contributed by atoms with Crippen LogP contribution in [0.4, 0.5) is 0 Å². The molecule has 2 aromatic carbocycles. The molecule has 0 spiro atoms. The lowest BCUT2D eigenvalue weighted by molar-refractivity contribution is 0.0696. The third-order valence-corrected chi connectivity index (χ3v) is 3.81. The molecule has 25 heavy (non-hydrogen) atoms. The van der Waals surface area contributed by atoms with E-state index in [1.807, 2.05) is 30.3 Å². The van der Waals surface area contributed by atoms with Gasteiger partial charge in [-0.15, -0.1) is 0 Å². The van der Waals surface area contributed by atoms with E-state index in [0.29, 0.717) is 0 Å². The fraction of sp³-hybridized carbons (Fsp3) is 0.176. The van der Waals surface area contributed by atoms with Gasteiger partial charge in [-0.3, -0.25) is 4.79 Å². The summed E-state index contributed by atoms with van der Waals surface area (Å²) in [4.78, 5) is 23.6. The molecule has 2 aromatic rings. The van der Waals surface area contributed by atoms with Crippen LogP contribution in [0.3, 0.4) is 0 Å². The number of hydrogen-bond donors (Lipinski definition) is 2. The Morgan fingerprint density at radius 3 is 2.24 bits per heavy atom. The first-order valence-corrected chi connectivity index (χ1v) is 9.11. The van der Waals surface area contributed by atoms with Gasteiger partial charge in [-0.25, -0.2) is 4.79 Å². The first-order chi connectivity index (χ1) is 11.7. The molecule has 132 valence electrons. The maximum atomic E-state index is 12.4. The number of nitrogens with one attached hydrogen (secondary N) is 1. The van der Waals surface area contributed by atoms with Gasteiger partial charge < -0.3 is 14.6 Å². The Hall–Kier alpha value is -2.87. The van der Waals surface area contributed by atoms with Crippen molar-refractivity contribution in [3.05, 3.63) is 65.2 Å². The minimum Gasteiger partial charge on any atom is -0.478 e. The van der Waals surface area contributed by atoms with E-state index in [4.69, 9.17) is 9.29 Å². The molecule has 2 rings (SSSR count). The lowest BCUT2D eigenvalue weighted by atomic mass is 10.1. The van der Waals surface area contributed by atoms with Crippen LogP contribution in [0.2, 0.25) is 0 Å². The highest BCUT2D eigenvalue weighted by atomic mass is 32.2. The van der Waals surface area contributed by atoms with Gasteiger partial charge in [0.25, 0.3) is 5.91 Å². The molecule has 0 saturated heterocycles. The first-order valence-electron chi connectivity index (χ1n) is 7.29. The van der Waals surface area contributed by atoms with Crippen LogP contribution in [-0.4, -0.2) is 31.7 Å². The van der Waals surface area contributed by atoms with Crippen LogP contribution in [-0.2, 0) is 10.1 Å². The second-order valence-corrected chi connectivity index (χ2v) is 7.02. The van der Waals surface area contributed by atoms with E-state index >= 15 is 0 Å². The SMILES string of the molecule is C[C@@H](NC(=O)c1cc(OS(C)(=O)=O)cc(C(=O)O)c1)c1ccccc1. The number of carbonyl (C=O) groups is 2. The van der Waals surface area contributed by atoms with E-state index < -0.39 is 22.0 Å². The zero-order chi connectivity index (χ0) is 18.6. The Morgan fingerprint density at radius 2 is 1.68 bits per heavy atom. The van der Waals surface area contributed by atoms with Gasteiger partial charge in [0.05, 0.1) is 17.9 Å². The summed E-state index contributed by atoms with van der Waals surface area (Å²) in [5.41, 5.74) is 0.609. The third kappa shape index (κ3) is 5.32. The second-order valence-electron chi connectivity index (χ2n) is 5.44. The molecule has 0 aliphatic rings. The van der Waals surface area contributed by atoms with Crippen molar-refractivity contribution in [3.63, 3.8) is 0 Å². The molecular weight excluding hydrogens is 346 g/mol. The first kappa shape index (κ1) is 18.5. The summed E-state index contributed by atoms with van der Waals surface area (Å²) in [5.74, 6) is -2.08. The van der Waals surface area contributed by atoms with E-state index in [9.17, 15) is 18.0 Å². The quantitative estimate of drug-likeness (QED) is 0.762. The van der Waals surface area contributed by atoms with Crippen molar-refractivity contribution in [3.8, 4) is 5.75 Å². The standard InChI is InChI=1S/C17H17NO6S/c1-11(12-6-4-3-5-7-12)18-16(19)13-8-14(17(20)21)10-15(9-13)24-25(2,22)23/h3-11H,1-2H3,(H,18,19)(H,20,21)/t11-/m1/s1. The van der Waals surface area contributed by atoms with Gasteiger partial charge in [-0.05, 0) is 30.7 Å². The topological polar surface area (TPSA) is 110 Å². The molecular formula is C17H17NO6S. The zero-order valence-corrected chi connectivity index (χ0v) is 14.4. The molecule has 0 heterocycles. The zero-order valence-electron chi connectivity index (χ0n) is 13.6. The van der Waals surface area contributed by atoms with E-state index in [1.54, 1.807) is 6.92 Å². The number of carboxylic acids is 1. The molecule has 1 atom stereocenters. The monoisotopic (exact) mass is 363 g/mol. The van der Waals surface area contributed by atoms with Crippen molar-refractivity contribution >= 4 is 22.0 Å². The number of aromatic carboxylic acids is 1. The minimum atomic E-state index is -3.85. The van der Waals surface area contributed by atoms with Crippen molar-refractivity contribution in [1.29, 1.82) is 0 Å². The largest absolute Gasteiger partial charge is 0.478 e. The Labute approximate surface area is 145 Å². The van der Waals surface area contributed by atoms with Crippen LogP contribution in [0.5, 0.6) is 5.75 Å². The molecule has 0 aliphatic carbocycles. The van der Waals surface area contributed by atoms with Crippen LogP contribution in [0.1, 0.15) is 39.2 Å². The molecule has 0 fully saturated rings. The molecule has 0 radical (unpaired) electrons. The van der Waals surface area contributed by atoms with E-state index in [1.165, 1.54) is 6.07 Å². The van der Waals surface area contributed by atoms with Crippen LogP contribution >= 0.6 is 0 Å². The van der Waals surface area contributed by atoms with Gasteiger partial charge in [-0.2, -0.15) is 8.42 Å². The predicted molar refractivity (Wildman–Crippen MR) is 91.2 cm³/mol. The molecule has 0 bridgehead atoms. The normalized spacial score (nSPS) is 12.2.